The van der Waals surface area contributed by atoms with Crippen LogP contribution in [0, 0.1) is 6.92 Å². The number of aryl methyl sites for hydroxylation is 1. The lowest BCUT2D eigenvalue weighted by atomic mass is 10.1. The van der Waals surface area contributed by atoms with Crippen molar-refractivity contribution in [2.24, 2.45) is 0 Å². The molecule has 0 saturated heterocycles. The lowest BCUT2D eigenvalue weighted by molar-refractivity contribution is 0.180. The molecule has 0 heterocycles. The Balaban J connectivity index is 1.66. The summed E-state index contributed by atoms with van der Waals surface area (Å²) in [5.74, 6) is 0.825. The lowest BCUT2D eigenvalue weighted by Gasteiger charge is -2.30. The number of carbonyl (C=O) groups is 1. The van der Waals surface area contributed by atoms with Gasteiger partial charge in [-0.05, 0) is 81.2 Å². The standard InChI is InChI=1S/C31H41N3O2/c1-5-33(6-2)22-12-14-26(4)34(31(35)32-30-17-11-10-13-25(30)3)23-27-18-20-29(21-19-27)36-24-28-15-8-7-9-16-28/h7-11,13,15-21,26H,5-6,12,14,22-24H2,1-4H3,(H,32,35). The van der Waals surface area contributed by atoms with Crippen LogP contribution in [0.25, 0.3) is 0 Å². The van der Waals surface area contributed by atoms with Gasteiger partial charge in [-0.25, -0.2) is 4.79 Å². The fraction of sp³-hybridized carbons (Fsp3) is 0.387. The summed E-state index contributed by atoms with van der Waals surface area (Å²) < 4.78 is 5.94. The van der Waals surface area contributed by atoms with E-state index in [0.29, 0.717) is 13.2 Å². The van der Waals surface area contributed by atoms with Crippen molar-refractivity contribution >= 4 is 11.7 Å². The molecule has 0 aliphatic heterocycles. The van der Waals surface area contributed by atoms with Gasteiger partial charge in [0.2, 0.25) is 0 Å². The number of hydrogen-bond acceptors (Lipinski definition) is 3. The van der Waals surface area contributed by atoms with E-state index in [1.807, 2.05) is 66.4 Å². The summed E-state index contributed by atoms with van der Waals surface area (Å²) in [6, 6.07) is 26.2. The molecule has 5 nitrogen and oxygen atoms in total. The van der Waals surface area contributed by atoms with E-state index < -0.39 is 0 Å². The molecular weight excluding hydrogens is 446 g/mol. The highest BCUT2D eigenvalue weighted by molar-refractivity contribution is 5.90. The molecule has 0 bridgehead atoms. The summed E-state index contributed by atoms with van der Waals surface area (Å²) >= 11 is 0. The quantitative estimate of drug-likeness (QED) is 0.279. The summed E-state index contributed by atoms with van der Waals surface area (Å²) in [6.45, 7) is 12.8. The van der Waals surface area contributed by atoms with E-state index >= 15 is 0 Å². The summed E-state index contributed by atoms with van der Waals surface area (Å²) in [5, 5.41) is 3.13. The highest BCUT2D eigenvalue weighted by Crippen LogP contribution is 2.20. The first-order valence-electron chi connectivity index (χ1n) is 13.1. The Hall–Kier alpha value is -3.31. The lowest BCUT2D eigenvalue weighted by Crippen LogP contribution is -2.41. The number of nitrogens with one attached hydrogen (secondary N) is 1. The topological polar surface area (TPSA) is 44.8 Å². The zero-order chi connectivity index (χ0) is 25.8. The fourth-order valence-corrected chi connectivity index (χ4v) is 4.26. The van der Waals surface area contributed by atoms with Crippen LogP contribution in [0.3, 0.4) is 0 Å². The fourth-order valence-electron chi connectivity index (χ4n) is 4.26. The highest BCUT2D eigenvalue weighted by Gasteiger charge is 2.21. The number of rotatable bonds is 13. The Morgan fingerprint density at radius 3 is 2.22 bits per heavy atom. The van der Waals surface area contributed by atoms with Crippen molar-refractivity contribution in [2.45, 2.75) is 59.7 Å². The van der Waals surface area contributed by atoms with Gasteiger partial charge >= 0.3 is 6.03 Å². The normalized spacial score (nSPS) is 11.8. The van der Waals surface area contributed by atoms with Gasteiger partial charge in [-0.15, -0.1) is 0 Å². The van der Waals surface area contributed by atoms with E-state index in [0.717, 1.165) is 60.6 Å². The average Bonchev–Trinajstić information content (AvgIpc) is 2.91. The number of para-hydroxylation sites is 1. The van der Waals surface area contributed by atoms with E-state index in [-0.39, 0.29) is 12.1 Å². The van der Waals surface area contributed by atoms with Crippen LogP contribution >= 0.6 is 0 Å². The van der Waals surface area contributed by atoms with E-state index in [2.05, 4.69) is 55.3 Å². The Morgan fingerprint density at radius 2 is 1.56 bits per heavy atom. The van der Waals surface area contributed by atoms with Gasteiger partial charge in [0.15, 0.2) is 0 Å². The van der Waals surface area contributed by atoms with E-state index in [4.69, 9.17) is 4.74 Å². The minimum absolute atomic E-state index is 0.0657. The van der Waals surface area contributed by atoms with Crippen LogP contribution in [-0.4, -0.2) is 41.5 Å². The minimum atomic E-state index is -0.0657. The molecule has 1 unspecified atom stereocenters. The van der Waals surface area contributed by atoms with Gasteiger partial charge in [0, 0.05) is 18.3 Å². The maximum atomic E-state index is 13.4. The zero-order valence-corrected chi connectivity index (χ0v) is 22.2. The molecule has 3 aromatic carbocycles. The first-order valence-corrected chi connectivity index (χ1v) is 13.1. The summed E-state index contributed by atoms with van der Waals surface area (Å²) in [4.78, 5) is 17.8. The number of amides is 2. The maximum Gasteiger partial charge on any atom is 0.322 e. The van der Waals surface area contributed by atoms with Crippen molar-refractivity contribution in [3.63, 3.8) is 0 Å². The number of ether oxygens (including phenoxy) is 1. The van der Waals surface area contributed by atoms with Crippen molar-refractivity contribution in [2.75, 3.05) is 25.0 Å². The Labute approximate surface area is 217 Å². The van der Waals surface area contributed by atoms with Crippen molar-refractivity contribution in [1.82, 2.24) is 9.80 Å². The zero-order valence-electron chi connectivity index (χ0n) is 22.2. The predicted octanol–water partition coefficient (Wildman–Crippen LogP) is 7.12. The van der Waals surface area contributed by atoms with Crippen molar-refractivity contribution < 1.29 is 9.53 Å². The van der Waals surface area contributed by atoms with Crippen molar-refractivity contribution in [3.8, 4) is 5.75 Å². The third-order valence-corrected chi connectivity index (χ3v) is 6.69. The Bertz CT molecular complexity index is 1050. The van der Waals surface area contributed by atoms with Crippen LogP contribution < -0.4 is 10.1 Å². The number of anilines is 1. The second-order valence-corrected chi connectivity index (χ2v) is 9.31. The van der Waals surface area contributed by atoms with Gasteiger partial charge in [0.05, 0.1) is 0 Å². The number of nitrogens with zero attached hydrogens (tertiary/aromatic N) is 2. The third-order valence-electron chi connectivity index (χ3n) is 6.69. The first kappa shape index (κ1) is 27.3. The monoisotopic (exact) mass is 487 g/mol. The van der Waals surface area contributed by atoms with Crippen LogP contribution in [0.2, 0.25) is 0 Å². The molecule has 0 saturated carbocycles. The molecule has 0 aromatic heterocycles. The Morgan fingerprint density at radius 1 is 0.889 bits per heavy atom. The molecule has 3 aromatic rings. The maximum absolute atomic E-state index is 13.4. The van der Waals surface area contributed by atoms with Crippen LogP contribution in [-0.2, 0) is 13.2 Å². The highest BCUT2D eigenvalue weighted by atomic mass is 16.5. The van der Waals surface area contributed by atoms with Gasteiger partial charge in [-0.2, -0.15) is 0 Å². The Kier molecular flexibility index (Phi) is 10.8. The summed E-state index contributed by atoms with van der Waals surface area (Å²) in [5.41, 5.74) is 4.13. The molecule has 2 amide bonds. The summed E-state index contributed by atoms with van der Waals surface area (Å²) in [6.07, 6.45) is 2.01. The number of benzene rings is 3. The van der Waals surface area contributed by atoms with Gasteiger partial charge in [0.1, 0.15) is 12.4 Å². The molecule has 3 rings (SSSR count). The molecule has 0 spiro atoms. The number of urea groups is 1. The second-order valence-electron chi connectivity index (χ2n) is 9.31. The molecule has 5 heteroatoms. The molecule has 1 N–H and O–H groups in total. The van der Waals surface area contributed by atoms with Gasteiger partial charge < -0.3 is 19.9 Å². The van der Waals surface area contributed by atoms with Crippen molar-refractivity contribution in [3.05, 3.63) is 95.6 Å². The van der Waals surface area contributed by atoms with Gasteiger partial charge in [-0.1, -0.05) is 74.5 Å². The molecule has 36 heavy (non-hydrogen) atoms. The van der Waals surface area contributed by atoms with E-state index in [9.17, 15) is 4.79 Å². The average molecular weight is 488 g/mol. The minimum Gasteiger partial charge on any atom is -0.489 e. The van der Waals surface area contributed by atoms with Crippen LogP contribution in [0.5, 0.6) is 5.75 Å². The molecule has 0 radical (unpaired) electrons. The molecule has 1 atom stereocenters. The SMILES string of the molecule is CCN(CC)CCCC(C)N(Cc1ccc(OCc2ccccc2)cc1)C(=O)Nc1ccccc1C. The van der Waals surface area contributed by atoms with E-state index in [1.54, 1.807) is 0 Å². The number of carbonyl (C=O) groups excluding carboxylic acids is 1. The summed E-state index contributed by atoms with van der Waals surface area (Å²) in [7, 11) is 0. The first-order chi connectivity index (χ1) is 17.5. The third kappa shape index (κ3) is 8.42. The largest absolute Gasteiger partial charge is 0.489 e. The second kappa shape index (κ2) is 14.3. The van der Waals surface area contributed by atoms with Crippen LogP contribution in [0.4, 0.5) is 10.5 Å². The van der Waals surface area contributed by atoms with Crippen LogP contribution in [0.15, 0.2) is 78.9 Å². The van der Waals surface area contributed by atoms with Gasteiger partial charge in [-0.3, -0.25) is 0 Å². The molecular formula is C31H41N3O2. The molecule has 0 aliphatic carbocycles. The number of hydrogen-bond donors (Lipinski definition) is 1. The van der Waals surface area contributed by atoms with Crippen molar-refractivity contribution in [1.29, 1.82) is 0 Å². The molecule has 192 valence electrons. The molecule has 0 fully saturated rings. The smallest absolute Gasteiger partial charge is 0.322 e. The molecule has 0 aliphatic rings. The van der Waals surface area contributed by atoms with E-state index in [1.165, 1.54) is 0 Å². The van der Waals surface area contributed by atoms with Gasteiger partial charge in [0.25, 0.3) is 0 Å². The van der Waals surface area contributed by atoms with Crippen LogP contribution in [0.1, 0.15) is 50.3 Å². The predicted molar refractivity (Wildman–Crippen MR) is 149 cm³/mol.